The molecule has 1 atom stereocenters. The number of aliphatic carboxylic acids is 1. The zero-order valence-corrected chi connectivity index (χ0v) is 22.4. The van der Waals surface area contributed by atoms with Crippen LogP contribution in [0, 0.1) is 0 Å². The minimum atomic E-state index is -0.710. The fourth-order valence-corrected chi connectivity index (χ4v) is 4.07. The van der Waals surface area contributed by atoms with Gasteiger partial charge in [-0.05, 0) is 70.6 Å². The summed E-state index contributed by atoms with van der Waals surface area (Å²) in [5.41, 5.74) is 0. The lowest BCUT2D eigenvalue weighted by molar-refractivity contribution is -0.150. The van der Waals surface area contributed by atoms with Crippen molar-refractivity contribution in [3.8, 4) is 0 Å². The van der Waals surface area contributed by atoms with Crippen molar-refractivity contribution < 1.29 is 19.4 Å². The molecular weight excluding hydrogens is 424 g/mol. The van der Waals surface area contributed by atoms with E-state index in [1.807, 2.05) is 6.92 Å². The molecule has 0 rings (SSSR count). The van der Waals surface area contributed by atoms with Crippen LogP contribution in [0.4, 0.5) is 0 Å². The minimum absolute atomic E-state index is 0.0423. The van der Waals surface area contributed by atoms with Crippen molar-refractivity contribution in [3.63, 3.8) is 0 Å². The summed E-state index contributed by atoms with van der Waals surface area (Å²) in [6, 6.07) is 0. The largest absolute Gasteiger partial charge is 0.481 e. The molecule has 1 unspecified atom stereocenters. The van der Waals surface area contributed by atoms with E-state index in [0.29, 0.717) is 6.42 Å². The number of allylic oxidation sites excluding steroid dienone is 4. The number of carboxylic acids is 1. The van der Waals surface area contributed by atoms with E-state index in [1.54, 1.807) is 0 Å². The molecule has 4 heteroatoms. The summed E-state index contributed by atoms with van der Waals surface area (Å²) in [6.07, 6.45) is 31.2. The first-order valence-corrected chi connectivity index (χ1v) is 14.3. The summed E-state index contributed by atoms with van der Waals surface area (Å²) in [5.74, 6) is -0.773. The predicted molar refractivity (Wildman–Crippen MR) is 144 cm³/mol. The van der Waals surface area contributed by atoms with Crippen molar-refractivity contribution in [1.29, 1.82) is 0 Å². The van der Waals surface area contributed by atoms with Crippen molar-refractivity contribution >= 4 is 11.9 Å². The van der Waals surface area contributed by atoms with Crippen molar-refractivity contribution in [1.82, 2.24) is 0 Å². The van der Waals surface area contributed by atoms with Crippen LogP contribution in [0.2, 0.25) is 0 Å². The van der Waals surface area contributed by atoms with Crippen LogP contribution in [-0.2, 0) is 14.3 Å². The number of carboxylic acid groups (broad SMARTS) is 1. The Hall–Kier alpha value is -1.58. The van der Waals surface area contributed by atoms with Crippen molar-refractivity contribution in [3.05, 3.63) is 24.3 Å². The standard InChI is InChI=1S/C30H54O4/c1-3-5-6-7-8-9-10-11-12-13-14-15-16-18-21-25-28(34-30(33)24-4-2)26-22-19-17-20-23-27-29(31)32/h10-11,13-14,28H,3-9,12,15-27H2,1-2H3,(H,31,32)/b11-10-,14-13-. The van der Waals surface area contributed by atoms with Crippen LogP contribution in [0.25, 0.3) is 0 Å². The summed E-state index contributed by atoms with van der Waals surface area (Å²) in [6.45, 7) is 4.26. The molecule has 4 nitrogen and oxygen atoms in total. The van der Waals surface area contributed by atoms with Crippen LogP contribution in [-0.4, -0.2) is 23.1 Å². The van der Waals surface area contributed by atoms with Gasteiger partial charge in [0.05, 0.1) is 0 Å². The van der Waals surface area contributed by atoms with Crippen LogP contribution in [0.5, 0.6) is 0 Å². The molecule has 0 saturated heterocycles. The van der Waals surface area contributed by atoms with Gasteiger partial charge >= 0.3 is 11.9 Å². The number of esters is 1. The third-order valence-electron chi connectivity index (χ3n) is 6.15. The Bertz CT molecular complexity index is 524. The molecule has 0 aromatic rings. The van der Waals surface area contributed by atoms with E-state index in [9.17, 15) is 9.59 Å². The number of unbranched alkanes of at least 4 members (excludes halogenated alkanes) is 12. The third kappa shape index (κ3) is 25.1. The Balaban J connectivity index is 3.86. The van der Waals surface area contributed by atoms with Gasteiger partial charge in [-0.1, -0.05) is 89.5 Å². The highest BCUT2D eigenvalue weighted by molar-refractivity contribution is 5.69. The molecule has 0 aliphatic heterocycles. The van der Waals surface area contributed by atoms with E-state index in [4.69, 9.17) is 9.84 Å². The highest BCUT2D eigenvalue weighted by atomic mass is 16.5. The van der Waals surface area contributed by atoms with Crippen molar-refractivity contribution in [2.24, 2.45) is 0 Å². The molecule has 0 spiro atoms. The molecule has 34 heavy (non-hydrogen) atoms. The SMILES string of the molecule is CCCCCCC/C=C\C/C=C\CCCCCC(CCCCCCCC(=O)O)OC(=O)CCC. The van der Waals surface area contributed by atoms with E-state index < -0.39 is 5.97 Å². The van der Waals surface area contributed by atoms with Gasteiger partial charge in [0.25, 0.3) is 0 Å². The lowest BCUT2D eigenvalue weighted by Crippen LogP contribution is -2.18. The summed E-state index contributed by atoms with van der Waals surface area (Å²) in [4.78, 5) is 22.5. The highest BCUT2D eigenvalue weighted by Gasteiger charge is 2.13. The first-order chi connectivity index (χ1) is 16.6. The van der Waals surface area contributed by atoms with E-state index in [-0.39, 0.29) is 18.5 Å². The smallest absolute Gasteiger partial charge is 0.306 e. The van der Waals surface area contributed by atoms with Gasteiger partial charge in [0.15, 0.2) is 0 Å². The third-order valence-corrected chi connectivity index (χ3v) is 6.15. The Kier molecular flexibility index (Phi) is 24.8. The maximum absolute atomic E-state index is 12.0. The van der Waals surface area contributed by atoms with Crippen LogP contribution in [0.1, 0.15) is 149 Å². The van der Waals surface area contributed by atoms with Gasteiger partial charge in [-0.25, -0.2) is 0 Å². The first-order valence-electron chi connectivity index (χ1n) is 14.3. The molecular formula is C30H54O4. The highest BCUT2D eigenvalue weighted by Crippen LogP contribution is 2.17. The average molecular weight is 479 g/mol. The molecule has 0 aliphatic carbocycles. The second-order valence-corrected chi connectivity index (χ2v) is 9.58. The van der Waals surface area contributed by atoms with Gasteiger partial charge in [0, 0.05) is 12.8 Å². The molecule has 0 radical (unpaired) electrons. The quantitative estimate of drug-likeness (QED) is 0.0806. The summed E-state index contributed by atoms with van der Waals surface area (Å²) in [5, 5.41) is 8.69. The van der Waals surface area contributed by atoms with Crippen LogP contribution in [0.3, 0.4) is 0 Å². The lowest BCUT2D eigenvalue weighted by atomic mass is 10.0. The summed E-state index contributed by atoms with van der Waals surface area (Å²) in [7, 11) is 0. The molecule has 0 aromatic carbocycles. The van der Waals surface area contributed by atoms with Gasteiger partial charge in [-0.2, -0.15) is 0 Å². The Labute approximate surface area is 210 Å². The minimum Gasteiger partial charge on any atom is -0.481 e. The molecule has 198 valence electrons. The topological polar surface area (TPSA) is 63.6 Å². The van der Waals surface area contributed by atoms with E-state index >= 15 is 0 Å². The van der Waals surface area contributed by atoms with Gasteiger partial charge in [-0.3, -0.25) is 9.59 Å². The average Bonchev–Trinajstić information content (AvgIpc) is 2.80. The number of carbonyl (C=O) groups is 2. The number of hydrogen-bond donors (Lipinski definition) is 1. The normalized spacial score (nSPS) is 12.5. The van der Waals surface area contributed by atoms with Crippen molar-refractivity contribution in [2.45, 2.75) is 155 Å². The monoisotopic (exact) mass is 478 g/mol. The van der Waals surface area contributed by atoms with Crippen LogP contribution in [0.15, 0.2) is 24.3 Å². The van der Waals surface area contributed by atoms with Gasteiger partial charge < -0.3 is 9.84 Å². The molecule has 0 aliphatic rings. The predicted octanol–water partition coefficient (Wildman–Crippen LogP) is 9.33. The van der Waals surface area contributed by atoms with E-state index in [1.165, 1.54) is 51.4 Å². The molecule has 0 fully saturated rings. The summed E-state index contributed by atoms with van der Waals surface area (Å²) >= 11 is 0. The zero-order valence-electron chi connectivity index (χ0n) is 22.4. The molecule has 0 bridgehead atoms. The van der Waals surface area contributed by atoms with Gasteiger partial charge in [0.1, 0.15) is 6.10 Å². The van der Waals surface area contributed by atoms with Gasteiger partial charge in [0.2, 0.25) is 0 Å². The molecule has 0 amide bonds. The Morgan fingerprint density at radius 3 is 1.76 bits per heavy atom. The number of carbonyl (C=O) groups excluding carboxylic acids is 1. The molecule has 1 N–H and O–H groups in total. The molecule has 0 saturated carbocycles. The van der Waals surface area contributed by atoms with E-state index in [0.717, 1.165) is 70.6 Å². The fraction of sp³-hybridized carbons (Fsp3) is 0.800. The Morgan fingerprint density at radius 1 is 0.647 bits per heavy atom. The number of rotatable bonds is 25. The van der Waals surface area contributed by atoms with Crippen LogP contribution >= 0.6 is 0 Å². The van der Waals surface area contributed by atoms with Crippen LogP contribution < -0.4 is 0 Å². The Morgan fingerprint density at radius 2 is 1.18 bits per heavy atom. The maximum atomic E-state index is 12.0. The lowest BCUT2D eigenvalue weighted by Gasteiger charge is -2.18. The van der Waals surface area contributed by atoms with E-state index in [2.05, 4.69) is 31.2 Å². The van der Waals surface area contributed by atoms with Crippen molar-refractivity contribution in [2.75, 3.05) is 0 Å². The number of ether oxygens (including phenoxy) is 1. The number of hydrogen-bond acceptors (Lipinski definition) is 3. The second kappa shape index (κ2) is 26.0. The maximum Gasteiger partial charge on any atom is 0.306 e. The fourth-order valence-electron chi connectivity index (χ4n) is 4.07. The first kappa shape index (κ1) is 32.4. The zero-order chi connectivity index (χ0) is 25.1. The summed E-state index contributed by atoms with van der Waals surface area (Å²) < 4.78 is 5.73. The van der Waals surface area contributed by atoms with Gasteiger partial charge in [-0.15, -0.1) is 0 Å². The second-order valence-electron chi connectivity index (χ2n) is 9.58. The molecule has 0 aromatic heterocycles. The molecule has 0 heterocycles.